The van der Waals surface area contributed by atoms with E-state index in [1.807, 2.05) is 0 Å². The van der Waals surface area contributed by atoms with Crippen LogP contribution in [0.25, 0.3) is 0 Å². The van der Waals surface area contributed by atoms with Crippen LogP contribution in [-0.4, -0.2) is 5.97 Å². The summed E-state index contributed by atoms with van der Waals surface area (Å²) in [5, 5.41) is 0. The van der Waals surface area contributed by atoms with E-state index in [9.17, 15) is 13.6 Å². The molecule has 0 radical (unpaired) electrons. The number of anilines is 1. The first-order chi connectivity index (χ1) is 9.49. The fraction of sp³-hybridized carbons (Fsp3) is 0.0714. The number of nitrogen functional groups attached to an aromatic ring is 1. The summed E-state index contributed by atoms with van der Waals surface area (Å²) in [6.45, 7) is -0.495. The minimum atomic E-state index is -0.787. The normalized spacial score (nSPS) is 10.3. The van der Waals surface area contributed by atoms with Crippen LogP contribution in [0.2, 0.25) is 0 Å². The van der Waals surface area contributed by atoms with Crippen molar-refractivity contribution >= 4 is 27.6 Å². The molecule has 6 heteroatoms. The number of ether oxygens (including phenoxy) is 1. The van der Waals surface area contributed by atoms with Crippen LogP contribution in [0, 0.1) is 11.6 Å². The van der Waals surface area contributed by atoms with Crippen molar-refractivity contribution in [2.45, 2.75) is 6.61 Å². The van der Waals surface area contributed by atoms with Gasteiger partial charge in [-0.3, -0.25) is 0 Å². The summed E-state index contributed by atoms with van der Waals surface area (Å²) < 4.78 is 32.2. The van der Waals surface area contributed by atoms with Gasteiger partial charge in [0.2, 0.25) is 0 Å². The first kappa shape index (κ1) is 14.5. The average molecular weight is 342 g/mol. The molecule has 0 aliphatic rings. The van der Waals surface area contributed by atoms with Crippen molar-refractivity contribution in [2.24, 2.45) is 0 Å². The Morgan fingerprint density at radius 3 is 2.70 bits per heavy atom. The van der Waals surface area contributed by atoms with Crippen LogP contribution in [0.1, 0.15) is 15.9 Å². The molecule has 0 aliphatic heterocycles. The number of benzene rings is 2. The van der Waals surface area contributed by atoms with E-state index in [4.69, 9.17) is 10.5 Å². The summed E-state index contributed by atoms with van der Waals surface area (Å²) in [4.78, 5) is 11.7. The molecular formula is C14H10BrF2NO2. The van der Waals surface area contributed by atoms with E-state index in [1.165, 1.54) is 18.2 Å². The van der Waals surface area contributed by atoms with Crippen LogP contribution in [-0.2, 0) is 11.3 Å². The highest BCUT2D eigenvalue weighted by Crippen LogP contribution is 2.22. The van der Waals surface area contributed by atoms with E-state index in [0.29, 0.717) is 5.69 Å². The lowest BCUT2D eigenvalue weighted by molar-refractivity contribution is 0.0464. The fourth-order valence-electron chi connectivity index (χ4n) is 1.59. The molecule has 104 valence electrons. The number of nitrogens with two attached hydrogens (primary N) is 1. The Kier molecular flexibility index (Phi) is 4.34. The Labute approximate surface area is 122 Å². The largest absolute Gasteiger partial charge is 0.457 e. The van der Waals surface area contributed by atoms with Gasteiger partial charge in [0, 0.05) is 5.69 Å². The van der Waals surface area contributed by atoms with Crippen molar-refractivity contribution in [3.63, 3.8) is 0 Å². The molecule has 20 heavy (non-hydrogen) atoms. The van der Waals surface area contributed by atoms with E-state index >= 15 is 0 Å². The third-order valence-corrected chi connectivity index (χ3v) is 3.22. The molecule has 0 unspecified atom stereocenters. The van der Waals surface area contributed by atoms with E-state index in [2.05, 4.69) is 15.9 Å². The standard InChI is InChI=1S/C14H10BrF2NO2/c15-11-4-5-12(16)10(13(11)17)7-20-14(19)8-2-1-3-9(18)6-8/h1-6H,7,18H2. The monoisotopic (exact) mass is 341 g/mol. The molecule has 3 nitrogen and oxygen atoms in total. The Bertz CT molecular complexity index is 662. The molecule has 0 aliphatic carbocycles. The lowest BCUT2D eigenvalue weighted by Crippen LogP contribution is -2.08. The van der Waals surface area contributed by atoms with Crippen LogP contribution in [0.5, 0.6) is 0 Å². The minimum absolute atomic E-state index is 0.105. The molecule has 2 N–H and O–H groups in total. The molecule has 0 aromatic heterocycles. The lowest BCUT2D eigenvalue weighted by atomic mass is 10.2. The maximum Gasteiger partial charge on any atom is 0.338 e. The van der Waals surface area contributed by atoms with Crippen molar-refractivity contribution in [1.29, 1.82) is 0 Å². The summed E-state index contributed by atoms with van der Waals surface area (Å²) in [5.74, 6) is -2.26. The number of rotatable bonds is 3. The molecule has 0 saturated carbocycles. The summed E-state index contributed by atoms with van der Waals surface area (Å²) >= 11 is 2.94. The Morgan fingerprint density at radius 1 is 1.25 bits per heavy atom. The van der Waals surface area contributed by atoms with Crippen LogP contribution >= 0.6 is 15.9 Å². The van der Waals surface area contributed by atoms with Gasteiger partial charge in [0.15, 0.2) is 0 Å². The number of carbonyl (C=O) groups excluding carboxylic acids is 1. The van der Waals surface area contributed by atoms with Crippen molar-refractivity contribution in [2.75, 3.05) is 5.73 Å². The van der Waals surface area contributed by atoms with Gasteiger partial charge in [-0.25, -0.2) is 13.6 Å². The first-order valence-corrected chi connectivity index (χ1v) is 6.43. The van der Waals surface area contributed by atoms with Gasteiger partial charge in [0.1, 0.15) is 18.2 Å². The summed E-state index contributed by atoms with van der Waals surface area (Å²) in [6.07, 6.45) is 0. The fourth-order valence-corrected chi connectivity index (χ4v) is 1.96. The first-order valence-electron chi connectivity index (χ1n) is 5.64. The van der Waals surface area contributed by atoms with E-state index in [1.54, 1.807) is 12.1 Å². The lowest BCUT2D eigenvalue weighted by Gasteiger charge is -2.08. The molecule has 0 spiro atoms. The molecular weight excluding hydrogens is 332 g/mol. The maximum absolute atomic E-state index is 13.7. The van der Waals surface area contributed by atoms with Gasteiger partial charge >= 0.3 is 5.97 Å². The smallest absolute Gasteiger partial charge is 0.338 e. The SMILES string of the molecule is Nc1cccc(C(=O)OCc2c(F)ccc(Br)c2F)c1. The Morgan fingerprint density at radius 2 is 2.00 bits per heavy atom. The second kappa shape index (κ2) is 6.00. The second-order valence-corrected chi connectivity index (χ2v) is 4.88. The topological polar surface area (TPSA) is 52.3 Å². The Hall–Kier alpha value is -1.95. The van der Waals surface area contributed by atoms with Crippen LogP contribution in [0.15, 0.2) is 40.9 Å². The van der Waals surface area contributed by atoms with Crippen LogP contribution in [0.3, 0.4) is 0 Å². The van der Waals surface area contributed by atoms with Gasteiger partial charge in [-0.2, -0.15) is 0 Å². The predicted molar refractivity (Wildman–Crippen MR) is 74.0 cm³/mol. The molecule has 0 fully saturated rings. The summed E-state index contributed by atoms with van der Waals surface area (Å²) in [6, 6.07) is 8.48. The van der Waals surface area contributed by atoms with Gasteiger partial charge < -0.3 is 10.5 Å². The van der Waals surface area contributed by atoms with E-state index < -0.39 is 24.2 Å². The summed E-state index contributed by atoms with van der Waals surface area (Å²) in [5.41, 5.74) is 5.85. The number of halogens is 3. The molecule has 0 amide bonds. The van der Waals surface area contributed by atoms with Crippen LogP contribution < -0.4 is 5.73 Å². The zero-order valence-electron chi connectivity index (χ0n) is 10.2. The van der Waals surface area contributed by atoms with Gasteiger partial charge in [-0.05, 0) is 46.3 Å². The van der Waals surface area contributed by atoms with Crippen molar-refractivity contribution < 1.29 is 18.3 Å². The van der Waals surface area contributed by atoms with E-state index in [0.717, 1.165) is 6.07 Å². The number of esters is 1. The highest BCUT2D eigenvalue weighted by molar-refractivity contribution is 9.10. The van der Waals surface area contributed by atoms with Gasteiger partial charge in [-0.15, -0.1) is 0 Å². The Balaban J connectivity index is 2.13. The van der Waals surface area contributed by atoms with Crippen molar-refractivity contribution in [3.8, 4) is 0 Å². The molecule has 2 rings (SSSR count). The highest BCUT2D eigenvalue weighted by Gasteiger charge is 2.15. The highest BCUT2D eigenvalue weighted by atomic mass is 79.9. The average Bonchev–Trinajstić information content (AvgIpc) is 2.43. The van der Waals surface area contributed by atoms with Crippen molar-refractivity contribution in [3.05, 3.63) is 63.6 Å². The number of hydrogen-bond acceptors (Lipinski definition) is 3. The summed E-state index contributed by atoms with van der Waals surface area (Å²) in [7, 11) is 0. The molecule has 2 aromatic rings. The van der Waals surface area contributed by atoms with Gasteiger partial charge in [0.25, 0.3) is 0 Å². The molecule has 0 bridgehead atoms. The molecule has 0 saturated heterocycles. The third-order valence-electron chi connectivity index (χ3n) is 2.61. The number of carbonyl (C=O) groups is 1. The van der Waals surface area contributed by atoms with Gasteiger partial charge in [0.05, 0.1) is 15.6 Å². The zero-order valence-corrected chi connectivity index (χ0v) is 11.8. The quantitative estimate of drug-likeness (QED) is 0.526. The maximum atomic E-state index is 13.7. The second-order valence-electron chi connectivity index (χ2n) is 4.02. The minimum Gasteiger partial charge on any atom is -0.457 e. The molecule has 0 heterocycles. The number of hydrogen-bond donors (Lipinski definition) is 1. The zero-order chi connectivity index (χ0) is 14.7. The third kappa shape index (κ3) is 3.14. The van der Waals surface area contributed by atoms with Gasteiger partial charge in [-0.1, -0.05) is 6.07 Å². The predicted octanol–water partition coefficient (Wildman–Crippen LogP) is 3.67. The van der Waals surface area contributed by atoms with E-state index in [-0.39, 0.29) is 15.6 Å². The molecule has 2 aromatic carbocycles. The van der Waals surface area contributed by atoms with Crippen LogP contribution in [0.4, 0.5) is 14.5 Å². The van der Waals surface area contributed by atoms with Crippen molar-refractivity contribution in [1.82, 2.24) is 0 Å². The molecule has 0 atom stereocenters.